The van der Waals surface area contributed by atoms with Crippen molar-refractivity contribution in [3.63, 3.8) is 0 Å². The van der Waals surface area contributed by atoms with Crippen LogP contribution in [0.2, 0.25) is 0 Å². The average molecular weight is 457 g/mol. The molecule has 1 aromatic heterocycles. The Morgan fingerprint density at radius 1 is 1.21 bits per heavy atom. The van der Waals surface area contributed by atoms with Gasteiger partial charge in [0.05, 0.1) is 17.8 Å². The minimum absolute atomic E-state index is 0. The molecule has 5 nitrogen and oxygen atoms in total. The summed E-state index contributed by atoms with van der Waals surface area (Å²) in [5.74, 6) is -0.611. The third kappa shape index (κ3) is 5.65. The molecule has 0 aliphatic rings. The maximum atomic E-state index is 13.1. The number of rotatable bonds is 4. The summed E-state index contributed by atoms with van der Waals surface area (Å²) < 4.78 is 51.8. The Bertz CT molecular complexity index is 670. The van der Waals surface area contributed by atoms with Crippen LogP contribution in [0.25, 0.3) is 0 Å². The van der Waals surface area contributed by atoms with Crippen molar-refractivity contribution in [1.82, 2.24) is 20.8 Å². The quantitative estimate of drug-likeness (QED) is 0.286. The molecule has 0 bridgehead atoms. The highest BCUT2D eigenvalue weighted by Gasteiger charge is 2.33. The van der Waals surface area contributed by atoms with Crippen LogP contribution in [0.15, 0.2) is 35.5 Å². The Morgan fingerprint density at radius 3 is 2.50 bits per heavy atom. The fraction of sp³-hybridized carbons (Fsp3) is 0.286. The van der Waals surface area contributed by atoms with Crippen molar-refractivity contribution >= 4 is 29.9 Å². The summed E-state index contributed by atoms with van der Waals surface area (Å²) >= 11 is 0. The van der Waals surface area contributed by atoms with E-state index in [1.807, 2.05) is 0 Å². The van der Waals surface area contributed by atoms with Crippen LogP contribution in [-0.2, 0) is 19.3 Å². The van der Waals surface area contributed by atoms with Gasteiger partial charge in [-0.05, 0) is 23.8 Å². The van der Waals surface area contributed by atoms with Gasteiger partial charge in [0, 0.05) is 19.8 Å². The first-order chi connectivity index (χ1) is 10.9. The molecule has 0 amide bonds. The van der Waals surface area contributed by atoms with Crippen LogP contribution < -0.4 is 10.6 Å². The minimum atomic E-state index is -4.62. The van der Waals surface area contributed by atoms with Gasteiger partial charge in [-0.25, -0.2) is 4.39 Å². The monoisotopic (exact) mass is 457 g/mol. The highest BCUT2D eigenvalue weighted by molar-refractivity contribution is 14.0. The fourth-order valence-electron chi connectivity index (χ4n) is 1.93. The first-order valence-electron chi connectivity index (χ1n) is 6.68. The number of alkyl halides is 3. The summed E-state index contributed by atoms with van der Waals surface area (Å²) in [6.45, 7) is 0.243. The van der Waals surface area contributed by atoms with Gasteiger partial charge in [-0.2, -0.15) is 18.3 Å². The van der Waals surface area contributed by atoms with Crippen LogP contribution in [0.3, 0.4) is 0 Å². The van der Waals surface area contributed by atoms with Crippen LogP contribution in [0.5, 0.6) is 0 Å². The highest BCUT2D eigenvalue weighted by Crippen LogP contribution is 2.32. The summed E-state index contributed by atoms with van der Waals surface area (Å²) in [5, 5.41) is 12.2. The van der Waals surface area contributed by atoms with E-state index < -0.39 is 17.6 Å². The van der Waals surface area contributed by atoms with Crippen LogP contribution >= 0.6 is 24.0 Å². The third-order valence-corrected chi connectivity index (χ3v) is 3.05. The molecule has 132 valence electrons. The molecular formula is C14H16F4IN5. The zero-order chi connectivity index (χ0) is 16.9. The van der Waals surface area contributed by atoms with E-state index in [1.54, 1.807) is 12.3 Å². The van der Waals surface area contributed by atoms with Crippen LogP contribution in [0.4, 0.5) is 17.6 Å². The molecule has 0 aliphatic heterocycles. The summed E-state index contributed by atoms with van der Waals surface area (Å²) in [5.41, 5.74) is -0.275. The molecule has 0 spiro atoms. The Labute approximate surface area is 153 Å². The van der Waals surface area contributed by atoms with E-state index in [1.165, 1.54) is 7.05 Å². The highest BCUT2D eigenvalue weighted by atomic mass is 127. The molecule has 3 N–H and O–H groups in total. The molecule has 1 heterocycles. The molecule has 10 heteroatoms. The van der Waals surface area contributed by atoms with Crippen LogP contribution in [-0.4, -0.2) is 23.2 Å². The van der Waals surface area contributed by atoms with Crippen molar-refractivity contribution in [2.45, 2.75) is 19.3 Å². The van der Waals surface area contributed by atoms with Gasteiger partial charge < -0.3 is 10.6 Å². The molecule has 24 heavy (non-hydrogen) atoms. The number of H-pyrrole nitrogens is 1. The van der Waals surface area contributed by atoms with E-state index in [2.05, 4.69) is 25.8 Å². The Kier molecular flexibility index (Phi) is 7.45. The molecule has 0 saturated heterocycles. The number of halogens is 5. The molecule has 0 aliphatic carbocycles. The number of guanidine groups is 1. The van der Waals surface area contributed by atoms with E-state index >= 15 is 0 Å². The lowest BCUT2D eigenvalue weighted by atomic mass is 10.1. The lowest BCUT2D eigenvalue weighted by Gasteiger charge is -2.15. The average Bonchev–Trinajstić information content (AvgIpc) is 3.01. The number of benzene rings is 1. The summed E-state index contributed by atoms with van der Waals surface area (Å²) in [7, 11) is 1.50. The number of aliphatic imine (C=N–C) groups is 1. The fourth-order valence-corrected chi connectivity index (χ4v) is 1.93. The maximum Gasteiger partial charge on any atom is 0.416 e. The van der Waals surface area contributed by atoms with Crippen LogP contribution in [0, 0.1) is 5.82 Å². The summed E-state index contributed by atoms with van der Waals surface area (Å²) in [6, 6.07) is 4.33. The molecule has 0 saturated carbocycles. The van der Waals surface area contributed by atoms with Crippen molar-refractivity contribution in [3.05, 3.63) is 53.1 Å². The predicted octanol–water partition coefficient (Wildman–Crippen LogP) is 3.05. The van der Waals surface area contributed by atoms with Crippen molar-refractivity contribution in [2.24, 2.45) is 4.99 Å². The van der Waals surface area contributed by atoms with E-state index in [-0.39, 0.29) is 36.1 Å². The number of hydrogen-bond donors (Lipinski definition) is 3. The first-order valence-corrected chi connectivity index (χ1v) is 6.68. The summed E-state index contributed by atoms with van der Waals surface area (Å²) in [6.07, 6.45) is -3.03. The molecule has 0 radical (unpaired) electrons. The summed E-state index contributed by atoms with van der Waals surface area (Å²) in [4.78, 5) is 3.92. The topological polar surface area (TPSA) is 65.1 Å². The first kappa shape index (κ1) is 20.2. The molecule has 1 aromatic carbocycles. The number of aromatic amines is 1. The molecular weight excluding hydrogens is 441 g/mol. The molecule has 0 unspecified atom stereocenters. The molecule has 0 atom stereocenters. The second-order valence-electron chi connectivity index (χ2n) is 4.66. The largest absolute Gasteiger partial charge is 0.416 e. The molecule has 2 aromatic rings. The van der Waals surface area contributed by atoms with Crippen molar-refractivity contribution in [1.29, 1.82) is 0 Å². The normalized spacial score (nSPS) is 11.8. The van der Waals surface area contributed by atoms with Crippen LogP contribution in [0.1, 0.15) is 16.8 Å². The number of aromatic nitrogens is 2. The Hall–Kier alpha value is -1.85. The van der Waals surface area contributed by atoms with Gasteiger partial charge in [0.1, 0.15) is 5.82 Å². The molecule has 2 rings (SSSR count). The van der Waals surface area contributed by atoms with Gasteiger partial charge in [0.2, 0.25) is 0 Å². The van der Waals surface area contributed by atoms with Gasteiger partial charge >= 0.3 is 6.18 Å². The maximum absolute atomic E-state index is 13.1. The van der Waals surface area contributed by atoms with Crippen molar-refractivity contribution in [2.75, 3.05) is 7.05 Å². The van der Waals surface area contributed by atoms with Gasteiger partial charge in [-0.3, -0.25) is 10.1 Å². The minimum Gasteiger partial charge on any atom is -0.352 e. The Balaban J connectivity index is 0.00000288. The number of nitrogens with zero attached hydrogens (tertiary/aromatic N) is 2. The standard InChI is InChI=1S/C14H15F4N5.HI/c1-19-13(21-8-11-4-5-22-23-11)20-7-9-2-3-10(15)6-12(9)14(16,17)18;/h2-6H,7-8H2,1H3,(H,22,23)(H2,19,20,21);1H. The SMILES string of the molecule is CN=C(NCc1ccn[nH]1)NCc1ccc(F)cc1C(F)(F)F.I. The second-order valence-corrected chi connectivity index (χ2v) is 4.66. The van der Waals surface area contributed by atoms with Gasteiger partial charge in [-0.1, -0.05) is 6.07 Å². The lowest BCUT2D eigenvalue weighted by Crippen LogP contribution is -2.36. The van der Waals surface area contributed by atoms with Gasteiger partial charge in [0.25, 0.3) is 0 Å². The number of hydrogen-bond acceptors (Lipinski definition) is 2. The van der Waals surface area contributed by atoms with Gasteiger partial charge in [-0.15, -0.1) is 24.0 Å². The van der Waals surface area contributed by atoms with E-state index in [9.17, 15) is 17.6 Å². The van der Waals surface area contributed by atoms with Crippen molar-refractivity contribution < 1.29 is 17.6 Å². The molecule has 0 fully saturated rings. The number of nitrogens with one attached hydrogen (secondary N) is 3. The van der Waals surface area contributed by atoms with E-state index in [0.29, 0.717) is 18.6 Å². The van der Waals surface area contributed by atoms with Crippen molar-refractivity contribution in [3.8, 4) is 0 Å². The predicted molar refractivity (Wildman–Crippen MR) is 92.4 cm³/mol. The second kappa shape index (κ2) is 8.85. The van der Waals surface area contributed by atoms with E-state index in [0.717, 1.165) is 17.8 Å². The smallest absolute Gasteiger partial charge is 0.352 e. The Morgan fingerprint density at radius 2 is 1.92 bits per heavy atom. The lowest BCUT2D eigenvalue weighted by molar-refractivity contribution is -0.138. The zero-order valence-electron chi connectivity index (χ0n) is 12.6. The van der Waals surface area contributed by atoms with Gasteiger partial charge in [0.15, 0.2) is 5.96 Å². The van der Waals surface area contributed by atoms with E-state index in [4.69, 9.17) is 0 Å². The third-order valence-electron chi connectivity index (χ3n) is 3.05. The zero-order valence-corrected chi connectivity index (χ0v) is 14.9.